The molecule has 0 saturated heterocycles. The minimum atomic E-state index is -0.344. The fraction of sp³-hybridized carbons (Fsp3) is 0. The second kappa shape index (κ2) is 7.29. The van der Waals surface area contributed by atoms with E-state index in [-0.39, 0.29) is 11.6 Å². The molecule has 0 aliphatic heterocycles. The van der Waals surface area contributed by atoms with Gasteiger partial charge in [0.05, 0.1) is 27.4 Å². The predicted molar refractivity (Wildman–Crippen MR) is 114 cm³/mol. The maximum absolute atomic E-state index is 12.6. The van der Waals surface area contributed by atoms with E-state index < -0.39 is 0 Å². The number of thiazole rings is 1. The van der Waals surface area contributed by atoms with Crippen molar-refractivity contribution < 1.29 is 9.53 Å². The van der Waals surface area contributed by atoms with Gasteiger partial charge < -0.3 is 4.74 Å². The fourth-order valence-corrected chi connectivity index (χ4v) is 3.76. The van der Waals surface area contributed by atoms with Crippen LogP contribution in [0.2, 0.25) is 0 Å². The highest BCUT2D eigenvalue weighted by molar-refractivity contribution is 7.22. The molecule has 1 amide bonds. The molecule has 0 fully saturated rings. The van der Waals surface area contributed by atoms with Crippen LogP contribution >= 0.6 is 11.3 Å². The standard InChI is InChI=1S/C22H14N4O2S/c27-21(19-13-23-16-8-4-5-9-17(16)24-19)26-22-25-18-11-10-15(12-20(18)29-22)28-14-6-2-1-3-7-14/h1-13H,(H,25,26,27). The number of aromatic nitrogens is 3. The molecule has 2 heterocycles. The van der Waals surface area contributed by atoms with Crippen LogP contribution in [0.15, 0.2) is 79.0 Å². The largest absolute Gasteiger partial charge is 0.457 e. The molecule has 5 rings (SSSR count). The van der Waals surface area contributed by atoms with Crippen molar-refractivity contribution in [2.75, 3.05) is 5.32 Å². The van der Waals surface area contributed by atoms with Crippen molar-refractivity contribution in [3.05, 3.63) is 84.7 Å². The van der Waals surface area contributed by atoms with Crippen molar-refractivity contribution in [2.24, 2.45) is 0 Å². The Labute approximate surface area is 169 Å². The third-order valence-electron chi connectivity index (χ3n) is 4.24. The molecule has 0 unspecified atom stereocenters. The second-order valence-electron chi connectivity index (χ2n) is 6.26. The summed E-state index contributed by atoms with van der Waals surface area (Å²) in [7, 11) is 0. The van der Waals surface area contributed by atoms with Gasteiger partial charge in [-0.25, -0.2) is 9.97 Å². The number of hydrogen-bond acceptors (Lipinski definition) is 6. The number of nitrogens with one attached hydrogen (secondary N) is 1. The molecule has 0 bridgehead atoms. The molecule has 6 nitrogen and oxygen atoms in total. The summed E-state index contributed by atoms with van der Waals surface area (Å²) in [5.41, 5.74) is 2.45. The molecule has 0 atom stereocenters. The zero-order chi connectivity index (χ0) is 19.6. The van der Waals surface area contributed by atoms with E-state index in [0.29, 0.717) is 16.4 Å². The van der Waals surface area contributed by atoms with Gasteiger partial charge in [-0.15, -0.1) is 0 Å². The first-order chi connectivity index (χ1) is 14.2. The molecule has 0 spiro atoms. The van der Waals surface area contributed by atoms with Crippen LogP contribution in [0.3, 0.4) is 0 Å². The quantitative estimate of drug-likeness (QED) is 0.445. The van der Waals surface area contributed by atoms with Gasteiger partial charge in [-0.05, 0) is 36.4 Å². The molecule has 0 radical (unpaired) electrons. The van der Waals surface area contributed by atoms with Crippen LogP contribution in [0.1, 0.15) is 10.5 Å². The summed E-state index contributed by atoms with van der Waals surface area (Å²) in [4.78, 5) is 25.7. The Balaban J connectivity index is 1.37. The van der Waals surface area contributed by atoms with E-state index in [1.165, 1.54) is 17.5 Å². The van der Waals surface area contributed by atoms with Crippen molar-refractivity contribution in [3.63, 3.8) is 0 Å². The topological polar surface area (TPSA) is 77.0 Å². The summed E-state index contributed by atoms with van der Waals surface area (Å²) in [6.45, 7) is 0. The summed E-state index contributed by atoms with van der Waals surface area (Å²) in [5, 5.41) is 3.30. The van der Waals surface area contributed by atoms with E-state index in [0.717, 1.165) is 21.5 Å². The van der Waals surface area contributed by atoms with Gasteiger partial charge in [-0.1, -0.05) is 41.7 Å². The number of fused-ring (bicyclic) bond motifs is 2. The lowest BCUT2D eigenvalue weighted by atomic mass is 10.3. The first kappa shape index (κ1) is 17.3. The highest BCUT2D eigenvalue weighted by atomic mass is 32.1. The number of carbonyl (C=O) groups is 1. The molecular weight excluding hydrogens is 384 g/mol. The highest BCUT2D eigenvalue weighted by Gasteiger charge is 2.13. The van der Waals surface area contributed by atoms with Crippen molar-refractivity contribution in [3.8, 4) is 11.5 Å². The number of hydrogen-bond donors (Lipinski definition) is 1. The SMILES string of the molecule is O=C(Nc1nc2ccc(Oc3ccccc3)cc2s1)c1cnc2ccccc2n1. The van der Waals surface area contributed by atoms with E-state index in [1.807, 2.05) is 72.8 Å². The predicted octanol–water partition coefficient (Wildman–Crippen LogP) is 5.28. The van der Waals surface area contributed by atoms with E-state index in [1.54, 1.807) is 0 Å². The van der Waals surface area contributed by atoms with E-state index in [9.17, 15) is 4.79 Å². The normalized spacial score (nSPS) is 10.9. The molecule has 0 aliphatic rings. The molecule has 3 aromatic carbocycles. The van der Waals surface area contributed by atoms with Gasteiger partial charge in [-0.3, -0.25) is 15.1 Å². The number of ether oxygens (including phenoxy) is 1. The van der Waals surface area contributed by atoms with Gasteiger partial charge in [0.25, 0.3) is 5.91 Å². The maximum Gasteiger partial charge on any atom is 0.277 e. The Morgan fingerprint density at radius 2 is 1.62 bits per heavy atom. The molecule has 29 heavy (non-hydrogen) atoms. The Morgan fingerprint density at radius 3 is 2.48 bits per heavy atom. The number of anilines is 1. The van der Waals surface area contributed by atoms with Crippen LogP contribution in [0, 0.1) is 0 Å². The summed E-state index contributed by atoms with van der Waals surface area (Å²) < 4.78 is 6.78. The van der Waals surface area contributed by atoms with Crippen molar-refractivity contribution in [1.29, 1.82) is 0 Å². The van der Waals surface area contributed by atoms with Gasteiger partial charge in [0.15, 0.2) is 5.13 Å². The van der Waals surface area contributed by atoms with Crippen LogP contribution in [-0.2, 0) is 0 Å². The Morgan fingerprint density at radius 1 is 0.828 bits per heavy atom. The average molecular weight is 398 g/mol. The van der Waals surface area contributed by atoms with E-state index >= 15 is 0 Å². The minimum Gasteiger partial charge on any atom is -0.457 e. The molecule has 7 heteroatoms. The van der Waals surface area contributed by atoms with Gasteiger partial charge in [0, 0.05) is 6.07 Å². The number of para-hydroxylation sites is 3. The van der Waals surface area contributed by atoms with Crippen LogP contribution < -0.4 is 10.1 Å². The van der Waals surface area contributed by atoms with Gasteiger partial charge in [-0.2, -0.15) is 0 Å². The zero-order valence-corrected chi connectivity index (χ0v) is 15.9. The lowest BCUT2D eigenvalue weighted by Crippen LogP contribution is -2.13. The van der Waals surface area contributed by atoms with Crippen LogP contribution in [0.25, 0.3) is 21.3 Å². The van der Waals surface area contributed by atoms with Gasteiger partial charge in [0.2, 0.25) is 0 Å². The first-order valence-corrected chi connectivity index (χ1v) is 9.73. The second-order valence-corrected chi connectivity index (χ2v) is 7.29. The number of carbonyl (C=O) groups excluding carboxylic acids is 1. The molecular formula is C22H14N4O2S. The minimum absolute atomic E-state index is 0.246. The summed E-state index contributed by atoms with van der Waals surface area (Å²) in [5.74, 6) is 1.13. The van der Waals surface area contributed by atoms with Gasteiger partial charge in [0.1, 0.15) is 17.2 Å². The summed E-state index contributed by atoms with van der Waals surface area (Å²) in [6, 6.07) is 22.6. The third kappa shape index (κ3) is 3.63. The number of nitrogens with zero attached hydrogens (tertiary/aromatic N) is 3. The lowest BCUT2D eigenvalue weighted by molar-refractivity contribution is 0.102. The van der Waals surface area contributed by atoms with Crippen molar-refractivity contribution >= 4 is 43.6 Å². The molecule has 2 aromatic heterocycles. The monoisotopic (exact) mass is 398 g/mol. The van der Waals surface area contributed by atoms with Crippen LogP contribution in [0.5, 0.6) is 11.5 Å². The van der Waals surface area contributed by atoms with E-state index in [2.05, 4.69) is 20.3 Å². The first-order valence-electron chi connectivity index (χ1n) is 8.91. The maximum atomic E-state index is 12.6. The van der Waals surface area contributed by atoms with Crippen molar-refractivity contribution in [1.82, 2.24) is 15.0 Å². The molecule has 0 aliphatic carbocycles. The zero-order valence-electron chi connectivity index (χ0n) is 15.1. The summed E-state index contributed by atoms with van der Waals surface area (Å²) >= 11 is 1.38. The number of rotatable bonds is 4. The van der Waals surface area contributed by atoms with Gasteiger partial charge >= 0.3 is 0 Å². The fourth-order valence-electron chi connectivity index (χ4n) is 2.87. The van der Waals surface area contributed by atoms with Crippen LogP contribution in [-0.4, -0.2) is 20.9 Å². The molecule has 140 valence electrons. The summed E-state index contributed by atoms with van der Waals surface area (Å²) in [6.07, 6.45) is 1.47. The Hall–Kier alpha value is -3.84. The molecule has 5 aromatic rings. The average Bonchev–Trinajstić information content (AvgIpc) is 3.15. The smallest absolute Gasteiger partial charge is 0.277 e. The Kier molecular flexibility index (Phi) is 4.34. The van der Waals surface area contributed by atoms with Crippen LogP contribution in [0.4, 0.5) is 5.13 Å². The molecule has 0 saturated carbocycles. The highest BCUT2D eigenvalue weighted by Crippen LogP contribution is 2.31. The van der Waals surface area contributed by atoms with E-state index in [4.69, 9.17) is 4.74 Å². The third-order valence-corrected chi connectivity index (χ3v) is 5.17. The lowest BCUT2D eigenvalue weighted by Gasteiger charge is -2.04. The van der Waals surface area contributed by atoms with Crippen molar-refractivity contribution in [2.45, 2.75) is 0 Å². The number of benzene rings is 3. The molecule has 1 N–H and O–H groups in total. The Bertz CT molecular complexity index is 1330. The number of amides is 1.